The molecule has 2 N–H and O–H groups in total. The number of fused-ring (bicyclic) bond motifs is 4. The van der Waals surface area contributed by atoms with E-state index >= 15 is 0 Å². The molecular weight excluding hydrogens is 524 g/mol. The number of aliphatic hydroxyl groups excluding tert-OH is 1. The van der Waals surface area contributed by atoms with E-state index in [-0.39, 0.29) is 54.7 Å². The second-order valence-corrected chi connectivity index (χ2v) is 11.0. The Morgan fingerprint density at radius 2 is 1.85 bits per heavy atom. The van der Waals surface area contributed by atoms with Crippen molar-refractivity contribution >= 4 is 40.0 Å². The zero-order valence-corrected chi connectivity index (χ0v) is 22.5. The van der Waals surface area contributed by atoms with Gasteiger partial charge in [0, 0.05) is 23.4 Å². The van der Waals surface area contributed by atoms with Crippen molar-refractivity contribution in [3.63, 3.8) is 0 Å². The Hall–Kier alpha value is -4.34. The highest BCUT2D eigenvalue weighted by Gasteiger charge is 2.57. The fourth-order valence-corrected chi connectivity index (χ4v) is 6.75. The molecule has 2 saturated heterocycles. The second kappa shape index (κ2) is 10.6. The van der Waals surface area contributed by atoms with Gasteiger partial charge in [-0.1, -0.05) is 48.0 Å². The number of phenolic OH excluding ortho intramolecular Hbond substituents is 1. The second-order valence-electron chi connectivity index (χ2n) is 11.0. The third-order valence-corrected chi connectivity index (χ3v) is 8.64. The molecule has 0 aromatic heterocycles. The predicted molar refractivity (Wildman–Crippen MR) is 153 cm³/mol. The number of phenols is 1. The minimum atomic E-state index is -0.635. The van der Waals surface area contributed by atoms with Gasteiger partial charge in [-0.2, -0.15) is 0 Å². The van der Waals surface area contributed by atoms with Crippen LogP contribution in [0.15, 0.2) is 77.4 Å². The quantitative estimate of drug-likeness (QED) is 0.179. The number of carbonyl (C=O) groups excluding carboxylic acids is 2. The number of nitro benzene ring substituents is 1. The summed E-state index contributed by atoms with van der Waals surface area (Å²) in [5.74, 6) is -2.12. The molecular formula is C32H30N2O7. The summed E-state index contributed by atoms with van der Waals surface area (Å²) in [4.78, 5) is 38.9. The van der Waals surface area contributed by atoms with Gasteiger partial charge < -0.3 is 14.9 Å². The van der Waals surface area contributed by atoms with Crippen LogP contribution in [-0.4, -0.2) is 46.3 Å². The summed E-state index contributed by atoms with van der Waals surface area (Å²) < 4.78 is 6.20. The largest absolute Gasteiger partial charge is 0.507 e. The lowest BCUT2D eigenvalue weighted by Crippen LogP contribution is -2.35. The van der Waals surface area contributed by atoms with Crippen LogP contribution >= 0.6 is 0 Å². The molecule has 210 valence electrons. The number of aromatic hydroxyl groups is 1. The number of rotatable bonds is 7. The highest BCUT2D eigenvalue weighted by atomic mass is 16.6. The number of amides is 2. The zero-order chi connectivity index (χ0) is 28.8. The van der Waals surface area contributed by atoms with Crippen molar-refractivity contribution in [3.05, 3.63) is 93.1 Å². The molecule has 9 heteroatoms. The molecule has 3 aromatic rings. The lowest BCUT2D eigenvalue weighted by atomic mass is 9.69. The van der Waals surface area contributed by atoms with E-state index in [9.17, 15) is 29.9 Å². The number of anilines is 1. The number of aliphatic hydroxyl groups is 1. The molecule has 0 saturated carbocycles. The van der Waals surface area contributed by atoms with Gasteiger partial charge in [-0.15, -0.1) is 0 Å². The van der Waals surface area contributed by atoms with E-state index < -0.39 is 22.7 Å². The van der Waals surface area contributed by atoms with Crippen molar-refractivity contribution in [1.82, 2.24) is 0 Å². The summed E-state index contributed by atoms with van der Waals surface area (Å²) in [7, 11) is 0. The molecule has 9 nitrogen and oxygen atoms in total. The van der Waals surface area contributed by atoms with Crippen molar-refractivity contribution in [1.29, 1.82) is 0 Å². The maximum atomic E-state index is 13.6. The molecule has 6 rings (SSSR count). The van der Waals surface area contributed by atoms with Crippen LogP contribution in [0.3, 0.4) is 0 Å². The Bertz CT molecular complexity index is 1640. The van der Waals surface area contributed by atoms with E-state index in [4.69, 9.17) is 4.74 Å². The smallest absolute Gasteiger partial charge is 0.271 e. The van der Waals surface area contributed by atoms with Crippen LogP contribution in [0.25, 0.3) is 16.8 Å². The fourth-order valence-electron chi connectivity index (χ4n) is 6.75. The first-order valence-electron chi connectivity index (χ1n) is 13.7. The normalized spacial score (nSPS) is 24.2. The number of non-ortho nitro benzene ring substituents is 1. The molecule has 1 aliphatic carbocycles. The van der Waals surface area contributed by atoms with E-state index in [1.807, 2.05) is 37.3 Å². The number of hydrogen-bond acceptors (Lipinski definition) is 7. The Labute approximate surface area is 236 Å². The van der Waals surface area contributed by atoms with Crippen molar-refractivity contribution < 1.29 is 29.5 Å². The van der Waals surface area contributed by atoms with Gasteiger partial charge in [-0.25, -0.2) is 4.90 Å². The summed E-state index contributed by atoms with van der Waals surface area (Å²) >= 11 is 0. The summed E-state index contributed by atoms with van der Waals surface area (Å²) in [5, 5.41) is 33.5. The van der Waals surface area contributed by atoms with Crippen molar-refractivity contribution in [2.45, 2.75) is 32.3 Å². The van der Waals surface area contributed by atoms with Gasteiger partial charge in [0.2, 0.25) is 11.8 Å². The number of benzene rings is 3. The Morgan fingerprint density at radius 3 is 2.61 bits per heavy atom. The highest BCUT2D eigenvalue weighted by molar-refractivity contribution is 6.22. The van der Waals surface area contributed by atoms with E-state index in [1.165, 1.54) is 24.3 Å². The first-order valence-corrected chi connectivity index (χ1v) is 13.7. The van der Waals surface area contributed by atoms with Gasteiger partial charge in [0.05, 0.1) is 41.8 Å². The van der Waals surface area contributed by atoms with Crippen LogP contribution in [0, 0.1) is 27.9 Å². The SMILES string of the molecule is C/C(=C\c1ccc(O)c2ccccc12)CC[C@H]1OC[C@H]2C1=C(CO)C[C@H]1C(=O)N(c3cccc([N+](=O)[O-])c3)C(=O)[C@H]12. The molecule has 0 unspecified atom stereocenters. The fraction of sp³-hybridized carbons (Fsp3) is 0.312. The van der Waals surface area contributed by atoms with E-state index in [2.05, 4.69) is 6.08 Å². The summed E-state index contributed by atoms with van der Waals surface area (Å²) in [6, 6.07) is 16.8. The lowest BCUT2D eigenvalue weighted by molar-refractivity contribution is -0.384. The maximum Gasteiger partial charge on any atom is 0.271 e. The molecule has 2 heterocycles. The van der Waals surface area contributed by atoms with Crippen LogP contribution in [0.1, 0.15) is 31.7 Å². The van der Waals surface area contributed by atoms with Crippen LogP contribution in [0.5, 0.6) is 5.75 Å². The van der Waals surface area contributed by atoms with Gasteiger partial charge in [-0.05, 0) is 60.4 Å². The number of nitro groups is 1. The monoisotopic (exact) mass is 554 g/mol. The highest BCUT2D eigenvalue weighted by Crippen LogP contribution is 2.50. The van der Waals surface area contributed by atoms with Crippen LogP contribution in [0.2, 0.25) is 0 Å². The minimum absolute atomic E-state index is 0.189. The molecule has 2 amide bonds. The number of allylic oxidation sites excluding steroid dienone is 1. The molecule has 4 atom stereocenters. The van der Waals surface area contributed by atoms with Gasteiger partial charge in [0.1, 0.15) is 5.75 Å². The van der Waals surface area contributed by atoms with Crippen molar-refractivity contribution in [2.24, 2.45) is 17.8 Å². The summed E-state index contributed by atoms with van der Waals surface area (Å²) in [6.45, 7) is 2.10. The van der Waals surface area contributed by atoms with Crippen LogP contribution in [-0.2, 0) is 14.3 Å². The van der Waals surface area contributed by atoms with Gasteiger partial charge >= 0.3 is 0 Å². The topological polar surface area (TPSA) is 130 Å². The Morgan fingerprint density at radius 1 is 1.07 bits per heavy atom. The van der Waals surface area contributed by atoms with Gasteiger partial charge in [0.25, 0.3) is 5.69 Å². The van der Waals surface area contributed by atoms with Crippen molar-refractivity contribution in [3.8, 4) is 5.75 Å². The Kier molecular flexibility index (Phi) is 6.93. The molecule has 3 aromatic carbocycles. The first kappa shape index (κ1) is 26.9. The summed E-state index contributed by atoms with van der Waals surface area (Å²) in [5.41, 5.74) is 3.78. The van der Waals surface area contributed by atoms with Crippen molar-refractivity contribution in [2.75, 3.05) is 18.1 Å². The molecule has 0 bridgehead atoms. The number of hydrogen-bond donors (Lipinski definition) is 2. The van der Waals surface area contributed by atoms with Crippen LogP contribution < -0.4 is 4.90 Å². The zero-order valence-electron chi connectivity index (χ0n) is 22.5. The lowest BCUT2D eigenvalue weighted by Gasteiger charge is -2.31. The molecule has 0 spiro atoms. The molecule has 3 aliphatic rings. The number of carbonyl (C=O) groups is 2. The molecule has 2 fully saturated rings. The summed E-state index contributed by atoms with van der Waals surface area (Å²) in [6.07, 6.45) is 3.45. The molecule has 2 aliphatic heterocycles. The van der Waals surface area contributed by atoms with E-state index in [0.29, 0.717) is 6.42 Å². The number of imide groups is 1. The van der Waals surface area contributed by atoms with Crippen LogP contribution in [0.4, 0.5) is 11.4 Å². The number of ether oxygens (including phenoxy) is 1. The molecule has 0 radical (unpaired) electrons. The number of nitrogens with zero attached hydrogens (tertiary/aromatic N) is 2. The third kappa shape index (κ3) is 4.61. The average Bonchev–Trinajstić information content (AvgIpc) is 3.51. The minimum Gasteiger partial charge on any atom is -0.507 e. The predicted octanol–water partition coefficient (Wildman–Crippen LogP) is 5.15. The van der Waals surface area contributed by atoms with E-state index in [0.717, 1.165) is 44.4 Å². The maximum absolute atomic E-state index is 13.6. The average molecular weight is 555 g/mol. The Balaban J connectivity index is 1.23. The molecule has 41 heavy (non-hydrogen) atoms. The third-order valence-electron chi connectivity index (χ3n) is 8.64. The van der Waals surface area contributed by atoms with Gasteiger partial charge in [-0.3, -0.25) is 19.7 Å². The standard InChI is InChI=1S/C32H30N2O7/c1-18(13-19-10-11-27(36)24-8-3-2-7-23(19)24)9-12-28-29-20(16-35)14-25-30(26(29)17-41-28)32(38)33(31(25)37)21-5-4-6-22(15-21)34(39)40/h2-8,10-11,13,15,25-26,28,30,35-36H,9,12,14,16-17H2,1H3/b18-13+/t25-,26+,28-,30-/m1/s1. The van der Waals surface area contributed by atoms with E-state index in [1.54, 1.807) is 6.07 Å². The van der Waals surface area contributed by atoms with Gasteiger partial charge in [0.15, 0.2) is 0 Å². The first-order chi connectivity index (χ1) is 19.8.